The zero-order chi connectivity index (χ0) is 20.8. The zero-order valence-electron chi connectivity index (χ0n) is 15.4. The SMILES string of the molecule is COC(=O)c1ccc(Cl)cc1N(c1ccc(OCc2ccccc2)cc1)S(=O)[O-]. The molecule has 0 N–H and O–H groups in total. The third kappa shape index (κ3) is 5.14. The van der Waals surface area contributed by atoms with Crippen molar-refractivity contribution in [2.24, 2.45) is 0 Å². The van der Waals surface area contributed by atoms with E-state index in [1.54, 1.807) is 24.3 Å². The summed E-state index contributed by atoms with van der Waals surface area (Å²) in [4.78, 5) is 12.1. The van der Waals surface area contributed by atoms with E-state index in [0.29, 0.717) is 18.0 Å². The van der Waals surface area contributed by atoms with E-state index >= 15 is 0 Å². The average molecular weight is 431 g/mol. The number of carbonyl (C=O) groups excluding carboxylic acids is 1. The van der Waals surface area contributed by atoms with Crippen molar-refractivity contribution in [3.05, 3.63) is 88.9 Å². The van der Waals surface area contributed by atoms with Gasteiger partial charge in [0.25, 0.3) is 0 Å². The molecule has 3 aromatic carbocycles. The summed E-state index contributed by atoms with van der Waals surface area (Å²) in [5.41, 5.74) is 1.50. The van der Waals surface area contributed by atoms with Gasteiger partial charge in [-0.2, -0.15) is 0 Å². The summed E-state index contributed by atoms with van der Waals surface area (Å²) < 4.78 is 35.4. The van der Waals surface area contributed by atoms with Crippen LogP contribution in [0.15, 0.2) is 72.8 Å². The minimum Gasteiger partial charge on any atom is -0.755 e. The van der Waals surface area contributed by atoms with Gasteiger partial charge < -0.3 is 14.0 Å². The molecule has 0 saturated heterocycles. The third-order valence-corrected chi connectivity index (χ3v) is 4.99. The van der Waals surface area contributed by atoms with Crippen molar-refractivity contribution in [3.63, 3.8) is 0 Å². The van der Waals surface area contributed by atoms with Gasteiger partial charge in [-0.3, -0.25) is 8.51 Å². The lowest BCUT2D eigenvalue weighted by molar-refractivity contribution is 0.0602. The van der Waals surface area contributed by atoms with Crippen LogP contribution in [0.25, 0.3) is 0 Å². The van der Waals surface area contributed by atoms with Gasteiger partial charge in [-0.1, -0.05) is 41.9 Å². The average Bonchev–Trinajstić information content (AvgIpc) is 2.73. The highest BCUT2D eigenvalue weighted by Gasteiger charge is 2.20. The number of halogens is 1. The summed E-state index contributed by atoms with van der Waals surface area (Å²) in [7, 11) is 1.22. The van der Waals surface area contributed by atoms with E-state index in [1.807, 2.05) is 30.3 Å². The highest BCUT2D eigenvalue weighted by atomic mass is 35.5. The number of hydrogen-bond donors (Lipinski definition) is 0. The molecule has 150 valence electrons. The van der Waals surface area contributed by atoms with Crippen molar-refractivity contribution in [1.29, 1.82) is 0 Å². The second-order valence-electron chi connectivity index (χ2n) is 5.93. The van der Waals surface area contributed by atoms with Crippen LogP contribution >= 0.6 is 11.6 Å². The van der Waals surface area contributed by atoms with Crippen LogP contribution in [0.2, 0.25) is 5.02 Å². The number of carbonyl (C=O) groups is 1. The molecule has 0 spiro atoms. The summed E-state index contributed by atoms with van der Waals surface area (Å²) >= 11 is 3.32. The van der Waals surface area contributed by atoms with Gasteiger partial charge in [-0.25, -0.2) is 4.79 Å². The molecule has 0 aliphatic rings. The van der Waals surface area contributed by atoms with E-state index in [1.165, 1.54) is 25.3 Å². The topological polar surface area (TPSA) is 78.9 Å². The zero-order valence-corrected chi connectivity index (χ0v) is 17.0. The molecule has 0 amide bonds. The number of esters is 1. The monoisotopic (exact) mass is 430 g/mol. The molecule has 0 bridgehead atoms. The van der Waals surface area contributed by atoms with Crippen LogP contribution in [-0.4, -0.2) is 21.8 Å². The molecule has 0 heterocycles. The lowest BCUT2D eigenvalue weighted by atomic mass is 10.1. The Balaban J connectivity index is 1.88. The van der Waals surface area contributed by atoms with Crippen molar-refractivity contribution >= 4 is 40.2 Å². The van der Waals surface area contributed by atoms with E-state index in [9.17, 15) is 13.6 Å². The standard InChI is InChI=1S/C21H18ClNO5S/c1-27-21(24)19-12-7-16(22)13-20(19)23(29(25)26)17-8-10-18(11-9-17)28-14-15-5-3-2-4-6-15/h2-13H,14H2,1H3,(H,25,26)/p-1. The van der Waals surface area contributed by atoms with E-state index < -0.39 is 17.2 Å². The molecule has 0 saturated carbocycles. The van der Waals surface area contributed by atoms with Crippen molar-refractivity contribution in [3.8, 4) is 5.75 Å². The van der Waals surface area contributed by atoms with Crippen molar-refractivity contribution in [2.45, 2.75) is 6.61 Å². The van der Waals surface area contributed by atoms with Crippen molar-refractivity contribution < 1.29 is 23.0 Å². The number of benzene rings is 3. The summed E-state index contributed by atoms with van der Waals surface area (Å²) in [5.74, 6) is -0.0940. The summed E-state index contributed by atoms with van der Waals surface area (Å²) in [5, 5.41) is 0.283. The second kappa shape index (κ2) is 9.56. The largest absolute Gasteiger partial charge is 0.755 e. The Morgan fingerprint density at radius 2 is 1.76 bits per heavy atom. The number of nitrogens with zero attached hydrogens (tertiary/aromatic N) is 1. The van der Waals surface area contributed by atoms with Crippen LogP contribution in [0.4, 0.5) is 11.4 Å². The first kappa shape index (κ1) is 20.9. The molecule has 0 aliphatic heterocycles. The van der Waals surface area contributed by atoms with Gasteiger partial charge >= 0.3 is 5.97 Å². The Bertz CT molecular complexity index is 1010. The molecule has 6 nitrogen and oxygen atoms in total. The Morgan fingerprint density at radius 3 is 2.38 bits per heavy atom. The number of anilines is 2. The fourth-order valence-corrected chi connectivity index (χ4v) is 3.45. The smallest absolute Gasteiger partial charge is 0.340 e. The van der Waals surface area contributed by atoms with Gasteiger partial charge in [0.2, 0.25) is 0 Å². The Labute approximate surface area is 176 Å². The Morgan fingerprint density at radius 1 is 1.07 bits per heavy atom. The van der Waals surface area contributed by atoms with Crippen molar-refractivity contribution in [2.75, 3.05) is 11.4 Å². The lowest BCUT2D eigenvalue weighted by Crippen LogP contribution is -2.22. The summed E-state index contributed by atoms with van der Waals surface area (Å²) in [6, 6.07) is 20.4. The Hall–Kier alpha value is -2.87. The minimum absolute atomic E-state index is 0.0745. The predicted octanol–water partition coefficient (Wildman–Crippen LogP) is 4.64. The maximum Gasteiger partial charge on any atom is 0.340 e. The predicted molar refractivity (Wildman–Crippen MR) is 111 cm³/mol. The first-order valence-corrected chi connectivity index (χ1v) is 9.94. The van der Waals surface area contributed by atoms with Crippen LogP contribution in [0.5, 0.6) is 5.75 Å². The van der Waals surface area contributed by atoms with E-state index in [4.69, 9.17) is 21.1 Å². The maximum atomic E-state index is 12.1. The molecule has 0 fully saturated rings. The second-order valence-corrected chi connectivity index (χ2v) is 7.17. The van der Waals surface area contributed by atoms with Crippen LogP contribution < -0.4 is 9.04 Å². The molecule has 3 aromatic rings. The fraction of sp³-hybridized carbons (Fsp3) is 0.0952. The highest BCUT2D eigenvalue weighted by molar-refractivity contribution is 7.81. The molecule has 3 rings (SSSR count). The van der Waals surface area contributed by atoms with Gasteiger partial charge in [0, 0.05) is 5.02 Å². The molecule has 29 heavy (non-hydrogen) atoms. The van der Waals surface area contributed by atoms with Crippen LogP contribution in [0, 0.1) is 0 Å². The quantitative estimate of drug-likeness (QED) is 0.403. The number of hydrogen-bond acceptors (Lipinski definition) is 5. The molecule has 8 heteroatoms. The van der Waals surface area contributed by atoms with Crippen LogP contribution in [0.1, 0.15) is 15.9 Å². The lowest BCUT2D eigenvalue weighted by Gasteiger charge is -2.28. The van der Waals surface area contributed by atoms with E-state index in [-0.39, 0.29) is 16.3 Å². The molecule has 0 aromatic heterocycles. The first-order chi connectivity index (χ1) is 14.0. The van der Waals surface area contributed by atoms with Crippen LogP contribution in [0.3, 0.4) is 0 Å². The molecule has 0 aliphatic carbocycles. The van der Waals surface area contributed by atoms with E-state index in [2.05, 4.69) is 0 Å². The minimum atomic E-state index is -2.71. The molecular weight excluding hydrogens is 414 g/mol. The van der Waals surface area contributed by atoms with Gasteiger partial charge in [0.1, 0.15) is 12.4 Å². The number of ether oxygens (including phenoxy) is 2. The molecular formula is C21H17ClNO5S-. The molecule has 1 unspecified atom stereocenters. The van der Waals surface area contributed by atoms with Crippen LogP contribution in [-0.2, 0) is 22.6 Å². The first-order valence-electron chi connectivity index (χ1n) is 8.54. The van der Waals surface area contributed by atoms with Crippen molar-refractivity contribution in [1.82, 2.24) is 0 Å². The number of rotatable bonds is 7. The fourth-order valence-electron chi connectivity index (χ4n) is 2.68. The maximum absolute atomic E-state index is 12.1. The van der Waals surface area contributed by atoms with E-state index in [0.717, 1.165) is 9.87 Å². The van der Waals surface area contributed by atoms with Gasteiger partial charge in [0.15, 0.2) is 0 Å². The van der Waals surface area contributed by atoms with Gasteiger partial charge in [-0.15, -0.1) is 0 Å². The Kier molecular flexibility index (Phi) is 6.87. The summed E-state index contributed by atoms with van der Waals surface area (Å²) in [6.45, 7) is 0.387. The normalized spacial score (nSPS) is 11.6. The molecule has 0 radical (unpaired) electrons. The van der Waals surface area contributed by atoms with Gasteiger partial charge in [-0.05, 0) is 48.0 Å². The summed E-state index contributed by atoms with van der Waals surface area (Å²) in [6.07, 6.45) is 0. The molecule has 1 atom stereocenters. The van der Waals surface area contributed by atoms with Gasteiger partial charge in [0.05, 0.1) is 35.3 Å². The number of methoxy groups -OCH3 is 1. The highest BCUT2D eigenvalue weighted by Crippen LogP contribution is 2.33. The third-order valence-electron chi connectivity index (χ3n) is 4.05.